The molecule has 24 heavy (non-hydrogen) atoms. The minimum Gasteiger partial charge on any atom is -0.497 e. The van der Waals surface area contributed by atoms with Gasteiger partial charge in [0.15, 0.2) is 5.78 Å². The van der Waals surface area contributed by atoms with E-state index in [1.54, 1.807) is 49.6 Å². The van der Waals surface area contributed by atoms with Gasteiger partial charge >= 0.3 is 5.97 Å². The van der Waals surface area contributed by atoms with Crippen molar-refractivity contribution >= 4 is 22.7 Å². The molecule has 5 heteroatoms. The fraction of sp³-hybridized carbons (Fsp3) is 0.105. The topological polar surface area (TPSA) is 65.5 Å². The number of carbonyl (C=O) groups excluding carboxylic acids is 2. The van der Waals surface area contributed by atoms with Gasteiger partial charge in [-0.05, 0) is 30.3 Å². The number of hydrogen-bond acceptors (Lipinski definition) is 5. The van der Waals surface area contributed by atoms with E-state index < -0.39 is 5.97 Å². The van der Waals surface area contributed by atoms with Crippen LogP contribution in [0.2, 0.25) is 0 Å². The summed E-state index contributed by atoms with van der Waals surface area (Å²) in [6.45, 7) is 0. The van der Waals surface area contributed by atoms with Gasteiger partial charge in [0, 0.05) is 17.1 Å². The van der Waals surface area contributed by atoms with E-state index in [1.807, 2.05) is 6.07 Å². The first-order chi connectivity index (χ1) is 11.7. The van der Waals surface area contributed by atoms with E-state index in [-0.39, 0.29) is 16.9 Å². The van der Waals surface area contributed by atoms with Crippen molar-refractivity contribution in [1.82, 2.24) is 4.98 Å². The van der Waals surface area contributed by atoms with Crippen LogP contribution in [0.1, 0.15) is 26.3 Å². The predicted molar refractivity (Wildman–Crippen MR) is 89.5 cm³/mol. The van der Waals surface area contributed by atoms with Crippen LogP contribution in [0.3, 0.4) is 0 Å². The highest BCUT2D eigenvalue weighted by Gasteiger charge is 2.22. The average Bonchev–Trinajstić information content (AvgIpc) is 2.66. The lowest BCUT2D eigenvalue weighted by molar-refractivity contribution is 0.0599. The molecule has 0 aliphatic rings. The number of ketones is 1. The first-order valence-electron chi connectivity index (χ1n) is 7.30. The van der Waals surface area contributed by atoms with Crippen molar-refractivity contribution < 1.29 is 19.1 Å². The molecule has 5 nitrogen and oxygen atoms in total. The SMILES string of the molecule is COC(=O)c1c(C(=O)c2ccc(OC)cc2)cnc2ccccc12. The Hall–Kier alpha value is -3.21. The molecular formula is C19H15NO4. The smallest absolute Gasteiger partial charge is 0.339 e. The van der Waals surface area contributed by atoms with Crippen molar-refractivity contribution in [2.75, 3.05) is 14.2 Å². The fourth-order valence-corrected chi connectivity index (χ4v) is 2.53. The largest absolute Gasteiger partial charge is 0.497 e. The van der Waals surface area contributed by atoms with Crippen LogP contribution in [0.5, 0.6) is 5.75 Å². The molecular weight excluding hydrogens is 306 g/mol. The van der Waals surface area contributed by atoms with Crippen molar-refractivity contribution in [2.24, 2.45) is 0 Å². The first-order valence-corrected chi connectivity index (χ1v) is 7.30. The molecule has 2 aromatic carbocycles. The Morgan fingerprint density at radius 1 is 0.958 bits per heavy atom. The van der Waals surface area contributed by atoms with E-state index in [0.29, 0.717) is 22.2 Å². The number of rotatable bonds is 4. The minimum absolute atomic E-state index is 0.214. The van der Waals surface area contributed by atoms with E-state index in [0.717, 1.165) is 0 Å². The number of ether oxygens (including phenoxy) is 2. The maximum atomic E-state index is 12.8. The summed E-state index contributed by atoms with van der Waals surface area (Å²) in [5, 5.41) is 0.587. The molecule has 1 aromatic heterocycles. The predicted octanol–water partition coefficient (Wildman–Crippen LogP) is 3.26. The molecule has 0 atom stereocenters. The highest BCUT2D eigenvalue weighted by Crippen LogP contribution is 2.24. The molecule has 0 saturated carbocycles. The van der Waals surface area contributed by atoms with Crippen LogP contribution in [0.4, 0.5) is 0 Å². The number of nitrogens with zero attached hydrogens (tertiary/aromatic N) is 1. The summed E-state index contributed by atoms with van der Waals surface area (Å²) in [6.07, 6.45) is 1.42. The molecule has 0 unspecified atom stereocenters. The summed E-state index contributed by atoms with van der Waals surface area (Å²) in [6, 6.07) is 13.8. The second kappa shape index (κ2) is 6.50. The Kier molecular flexibility index (Phi) is 4.24. The van der Waals surface area contributed by atoms with Crippen LogP contribution < -0.4 is 4.74 Å². The van der Waals surface area contributed by atoms with Crippen molar-refractivity contribution in [3.8, 4) is 5.75 Å². The number of carbonyl (C=O) groups is 2. The van der Waals surface area contributed by atoms with Gasteiger partial charge in [-0.15, -0.1) is 0 Å². The van der Waals surface area contributed by atoms with Crippen LogP contribution >= 0.6 is 0 Å². The molecule has 0 fully saturated rings. The Bertz CT molecular complexity index is 916. The maximum absolute atomic E-state index is 12.8. The average molecular weight is 321 g/mol. The number of fused-ring (bicyclic) bond motifs is 1. The number of hydrogen-bond donors (Lipinski definition) is 0. The molecule has 0 aliphatic carbocycles. The number of esters is 1. The summed E-state index contributed by atoms with van der Waals surface area (Å²) in [7, 11) is 2.85. The summed E-state index contributed by atoms with van der Waals surface area (Å²) in [5.74, 6) is -0.210. The quantitative estimate of drug-likeness (QED) is 0.545. The standard InChI is InChI=1S/C19H15NO4/c1-23-13-9-7-12(8-10-13)18(21)15-11-20-16-6-4-3-5-14(16)17(15)19(22)24-2/h3-11H,1-2H3. The maximum Gasteiger partial charge on any atom is 0.339 e. The zero-order valence-corrected chi connectivity index (χ0v) is 13.3. The zero-order valence-electron chi connectivity index (χ0n) is 13.3. The van der Waals surface area contributed by atoms with E-state index in [9.17, 15) is 9.59 Å². The van der Waals surface area contributed by atoms with Gasteiger partial charge in [-0.2, -0.15) is 0 Å². The van der Waals surface area contributed by atoms with E-state index in [1.165, 1.54) is 13.3 Å². The van der Waals surface area contributed by atoms with Crippen LogP contribution in [0.25, 0.3) is 10.9 Å². The second-order valence-electron chi connectivity index (χ2n) is 5.11. The van der Waals surface area contributed by atoms with Gasteiger partial charge in [0.1, 0.15) is 5.75 Å². The molecule has 120 valence electrons. The van der Waals surface area contributed by atoms with E-state index in [2.05, 4.69) is 4.98 Å². The fourth-order valence-electron chi connectivity index (χ4n) is 2.53. The van der Waals surface area contributed by atoms with Gasteiger partial charge in [-0.1, -0.05) is 18.2 Å². The summed E-state index contributed by atoms with van der Waals surface area (Å²) < 4.78 is 9.96. The Balaban J connectivity index is 2.17. The van der Waals surface area contributed by atoms with E-state index in [4.69, 9.17) is 9.47 Å². The van der Waals surface area contributed by atoms with Gasteiger partial charge < -0.3 is 9.47 Å². The van der Waals surface area contributed by atoms with Gasteiger partial charge in [-0.25, -0.2) is 4.79 Å². The van der Waals surface area contributed by atoms with Crippen molar-refractivity contribution in [3.05, 3.63) is 71.4 Å². The molecule has 0 spiro atoms. The number of aromatic nitrogens is 1. The highest BCUT2D eigenvalue weighted by atomic mass is 16.5. The summed E-state index contributed by atoms with van der Waals surface area (Å²) in [4.78, 5) is 29.4. The molecule has 0 N–H and O–H groups in total. The zero-order chi connectivity index (χ0) is 17.1. The Morgan fingerprint density at radius 2 is 1.67 bits per heavy atom. The van der Waals surface area contributed by atoms with Crippen LogP contribution in [0, 0.1) is 0 Å². The van der Waals surface area contributed by atoms with Gasteiger partial charge in [0.2, 0.25) is 0 Å². The normalized spacial score (nSPS) is 10.4. The third-order valence-electron chi connectivity index (χ3n) is 3.76. The van der Waals surface area contributed by atoms with Crippen molar-refractivity contribution in [1.29, 1.82) is 0 Å². The van der Waals surface area contributed by atoms with Crippen LogP contribution in [-0.2, 0) is 4.74 Å². The molecule has 0 bridgehead atoms. The van der Waals surface area contributed by atoms with Crippen molar-refractivity contribution in [2.45, 2.75) is 0 Å². The number of para-hydroxylation sites is 1. The molecule has 1 heterocycles. The van der Waals surface area contributed by atoms with Crippen LogP contribution in [0.15, 0.2) is 54.7 Å². The number of pyridine rings is 1. The monoisotopic (exact) mass is 321 g/mol. The number of methoxy groups -OCH3 is 2. The van der Waals surface area contributed by atoms with Crippen LogP contribution in [-0.4, -0.2) is 31.0 Å². The molecule has 0 amide bonds. The summed E-state index contributed by atoms with van der Waals surface area (Å²) >= 11 is 0. The third-order valence-corrected chi connectivity index (χ3v) is 3.76. The van der Waals surface area contributed by atoms with Gasteiger partial charge in [0.25, 0.3) is 0 Å². The highest BCUT2D eigenvalue weighted by molar-refractivity contribution is 6.18. The van der Waals surface area contributed by atoms with Crippen molar-refractivity contribution in [3.63, 3.8) is 0 Å². The lowest BCUT2D eigenvalue weighted by atomic mass is 9.97. The molecule has 3 aromatic rings. The molecule has 3 rings (SSSR count). The Morgan fingerprint density at radius 3 is 2.33 bits per heavy atom. The lowest BCUT2D eigenvalue weighted by Gasteiger charge is -2.10. The van der Waals surface area contributed by atoms with Gasteiger partial charge in [0.05, 0.1) is 30.9 Å². The number of benzene rings is 2. The molecule has 0 aliphatic heterocycles. The molecule has 0 radical (unpaired) electrons. The van der Waals surface area contributed by atoms with E-state index >= 15 is 0 Å². The summed E-state index contributed by atoms with van der Waals surface area (Å²) in [5.41, 5.74) is 1.51. The van der Waals surface area contributed by atoms with Gasteiger partial charge in [-0.3, -0.25) is 9.78 Å². The Labute approximate surface area is 138 Å². The third kappa shape index (κ3) is 2.72. The lowest BCUT2D eigenvalue weighted by Crippen LogP contribution is -2.13. The second-order valence-corrected chi connectivity index (χ2v) is 5.11. The first kappa shape index (κ1) is 15.7. The minimum atomic E-state index is -0.564. The molecule has 0 saturated heterocycles.